The zero-order valence-corrected chi connectivity index (χ0v) is 13.8. The molecule has 2 amide bonds. The molecule has 2 atom stereocenters. The number of aromatic amines is 1. The molecule has 7 heteroatoms. The predicted octanol–water partition coefficient (Wildman–Crippen LogP) is 0.151. The number of nitrogens with one attached hydrogen (secondary N) is 1. The number of aromatic nitrogens is 2. The third kappa shape index (κ3) is 2.87. The minimum atomic E-state index is -0.251. The minimum Gasteiger partial charge on any atom is -0.344 e. The highest BCUT2D eigenvalue weighted by Gasteiger charge is 2.41. The molecule has 124 valence electrons. The van der Waals surface area contributed by atoms with E-state index in [1.807, 2.05) is 4.90 Å². The number of likely N-dealkylation sites (N-methyl/N-ethyl adjacent to an activating group) is 1. The first-order valence-corrected chi connectivity index (χ1v) is 7.98. The molecule has 3 rings (SSSR count). The number of likely N-dealkylation sites (tertiary alicyclic amines) is 1. The second kappa shape index (κ2) is 5.79. The van der Waals surface area contributed by atoms with Crippen LogP contribution in [0.2, 0.25) is 0 Å². The summed E-state index contributed by atoms with van der Waals surface area (Å²) in [5, 5.41) is 0. The molecule has 0 spiro atoms. The van der Waals surface area contributed by atoms with Gasteiger partial charge in [-0.3, -0.25) is 14.4 Å². The third-order valence-electron chi connectivity index (χ3n) is 4.90. The van der Waals surface area contributed by atoms with Gasteiger partial charge in [0.15, 0.2) is 0 Å². The summed E-state index contributed by atoms with van der Waals surface area (Å²) in [4.78, 5) is 47.3. The molecule has 3 heterocycles. The Balaban J connectivity index is 1.84. The molecule has 2 aliphatic rings. The van der Waals surface area contributed by atoms with Gasteiger partial charge >= 0.3 is 0 Å². The molecule has 0 saturated carbocycles. The van der Waals surface area contributed by atoms with Crippen molar-refractivity contribution >= 4 is 11.8 Å². The molecule has 1 aromatic rings. The number of hydrogen-bond acceptors (Lipinski definition) is 4. The molecule has 2 unspecified atom stereocenters. The van der Waals surface area contributed by atoms with Crippen molar-refractivity contribution in [2.45, 2.75) is 51.6 Å². The maximum Gasteiger partial charge on any atom is 0.254 e. The predicted molar refractivity (Wildman–Crippen MR) is 83.9 cm³/mol. The smallest absolute Gasteiger partial charge is 0.254 e. The Labute approximate surface area is 134 Å². The van der Waals surface area contributed by atoms with Crippen LogP contribution in [0.5, 0.6) is 0 Å². The van der Waals surface area contributed by atoms with Crippen LogP contribution in [0, 0.1) is 13.8 Å². The average Bonchev–Trinajstić information content (AvgIpc) is 2.79. The van der Waals surface area contributed by atoms with Gasteiger partial charge < -0.3 is 14.8 Å². The van der Waals surface area contributed by atoms with Gasteiger partial charge in [0.1, 0.15) is 5.82 Å². The first-order chi connectivity index (χ1) is 10.9. The van der Waals surface area contributed by atoms with E-state index in [4.69, 9.17) is 0 Å². The molecule has 2 saturated heterocycles. The number of rotatable bonds is 2. The highest BCUT2D eigenvalue weighted by molar-refractivity contribution is 5.83. The summed E-state index contributed by atoms with van der Waals surface area (Å²) >= 11 is 0. The van der Waals surface area contributed by atoms with Crippen LogP contribution in [0.3, 0.4) is 0 Å². The number of fused-ring (bicyclic) bond motifs is 2. The Hall–Kier alpha value is -2.18. The van der Waals surface area contributed by atoms with Crippen LogP contribution in [0.1, 0.15) is 36.3 Å². The van der Waals surface area contributed by atoms with Gasteiger partial charge in [-0.05, 0) is 26.7 Å². The Morgan fingerprint density at radius 3 is 2.65 bits per heavy atom. The van der Waals surface area contributed by atoms with Gasteiger partial charge in [0, 0.05) is 43.4 Å². The lowest BCUT2D eigenvalue weighted by molar-refractivity contribution is -0.133. The van der Waals surface area contributed by atoms with Crippen molar-refractivity contribution in [3.63, 3.8) is 0 Å². The second-order valence-electron chi connectivity index (χ2n) is 6.56. The number of amides is 2. The summed E-state index contributed by atoms with van der Waals surface area (Å²) in [5.74, 6) is 0.548. The fraction of sp³-hybridized carbons (Fsp3) is 0.625. The minimum absolute atomic E-state index is 0.0391. The van der Waals surface area contributed by atoms with Gasteiger partial charge in [0.2, 0.25) is 11.8 Å². The topological polar surface area (TPSA) is 86.4 Å². The summed E-state index contributed by atoms with van der Waals surface area (Å²) in [7, 11) is 1.78. The monoisotopic (exact) mass is 318 g/mol. The lowest BCUT2D eigenvalue weighted by Crippen LogP contribution is -2.44. The Morgan fingerprint density at radius 2 is 1.96 bits per heavy atom. The molecule has 0 aliphatic carbocycles. The van der Waals surface area contributed by atoms with Crippen molar-refractivity contribution in [2.75, 3.05) is 13.6 Å². The number of hydrogen-bond donors (Lipinski definition) is 1. The summed E-state index contributed by atoms with van der Waals surface area (Å²) < 4.78 is 0. The average molecular weight is 318 g/mol. The standard InChI is InChI=1S/C16H22N4O3/c1-9-13(16(23)18-10(2)17-9)7-15(22)20-11-4-5-12(20)8-19(3)14(21)6-11/h11-12H,4-8H2,1-3H3,(H,17,18,23). The summed E-state index contributed by atoms with van der Waals surface area (Å²) in [6, 6.07) is 0.0180. The van der Waals surface area contributed by atoms with Gasteiger partial charge in [0.05, 0.1) is 6.42 Å². The molecule has 1 aromatic heterocycles. The Morgan fingerprint density at radius 1 is 1.26 bits per heavy atom. The van der Waals surface area contributed by atoms with Gasteiger partial charge in [0.25, 0.3) is 5.56 Å². The fourth-order valence-electron chi connectivity index (χ4n) is 3.73. The molecular weight excluding hydrogens is 296 g/mol. The number of carbonyl (C=O) groups is 2. The SMILES string of the molecule is Cc1nc(C)c(CC(=O)N2C3CCC2CN(C)C(=O)C3)c(=O)[nH]1. The molecule has 23 heavy (non-hydrogen) atoms. The maximum absolute atomic E-state index is 12.8. The molecule has 2 fully saturated rings. The molecule has 0 aromatic carbocycles. The van der Waals surface area contributed by atoms with Crippen molar-refractivity contribution in [2.24, 2.45) is 0 Å². The largest absolute Gasteiger partial charge is 0.344 e. The molecule has 1 N–H and O–H groups in total. The summed E-state index contributed by atoms with van der Waals surface area (Å²) in [6.45, 7) is 4.04. The van der Waals surface area contributed by atoms with E-state index >= 15 is 0 Å². The van der Waals surface area contributed by atoms with E-state index in [0.29, 0.717) is 30.0 Å². The van der Waals surface area contributed by atoms with Crippen LogP contribution >= 0.6 is 0 Å². The lowest BCUT2D eigenvalue weighted by Gasteiger charge is -2.28. The molecule has 2 bridgehead atoms. The Kier molecular flexibility index (Phi) is 3.95. The Bertz CT molecular complexity index is 712. The fourth-order valence-corrected chi connectivity index (χ4v) is 3.73. The van der Waals surface area contributed by atoms with Crippen LogP contribution < -0.4 is 5.56 Å². The van der Waals surface area contributed by atoms with Crippen LogP contribution in [0.25, 0.3) is 0 Å². The summed E-state index contributed by atoms with van der Waals surface area (Å²) in [5.41, 5.74) is 0.762. The van der Waals surface area contributed by atoms with Gasteiger partial charge in [-0.25, -0.2) is 4.98 Å². The lowest BCUT2D eigenvalue weighted by atomic mass is 10.1. The van der Waals surface area contributed by atoms with E-state index in [1.54, 1.807) is 25.8 Å². The van der Waals surface area contributed by atoms with Gasteiger partial charge in [-0.1, -0.05) is 0 Å². The highest BCUT2D eigenvalue weighted by Crippen LogP contribution is 2.30. The van der Waals surface area contributed by atoms with Crippen molar-refractivity contribution in [3.8, 4) is 0 Å². The molecule has 7 nitrogen and oxygen atoms in total. The van der Waals surface area contributed by atoms with E-state index in [2.05, 4.69) is 9.97 Å². The van der Waals surface area contributed by atoms with Crippen LogP contribution in [-0.4, -0.2) is 57.3 Å². The second-order valence-corrected chi connectivity index (χ2v) is 6.56. The van der Waals surface area contributed by atoms with Crippen molar-refractivity contribution in [1.82, 2.24) is 19.8 Å². The van der Waals surface area contributed by atoms with Crippen LogP contribution in [-0.2, 0) is 16.0 Å². The van der Waals surface area contributed by atoms with Crippen LogP contribution in [0.4, 0.5) is 0 Å². The quantitative estimate of drug-likeness (QED) is 0.841. The molecule has 2 aliphatic heterocycles. The van der Waals surface area contributed by atoms with Crippen molar-refractivity contribution in [1.29, 1.82) is 0 Å². The first-order valence-electron chi connectivity index (χ1n) is 7.98. The maximum atomic E-state index is 12.8. The third-order valence-corrected chi connectivity index (χ3v) is 4.90. The van der Waals surface area contributed by atoms with Gasteiger partial charge in [-0.2, -0.15) is 0 Å². The van der Waals surface area contributed by atoms with Gasteiger partial charge in [-0.15, -0.1) is 0 Å². The van der Waals surface area contributed by atoms with E-state index in [9.17, 15) is 14.4 Å². The van der Waals surface area contributed by atoms with E-state index in [0.717, 1.165) is 12.8 Å². The number of H-pyrrole nitrogens is 1. The van der Waals surface area contributed by atoms with E-state index in [-0.39, 0.29) is 35.9 Å². The zero-order chi connectivity index (χ0) is 16.7. The zero-order valence-electron chi connectivity index (χ0n) is 13.8. The normalized spacial score (nSPS) is 24.0. The van der Waals surface area contributed by atoms with E-state index in [1.165, 1.54) is 0 Å². The van der Waals surface area contributed by atoms with Crippen molar-refractivity contribution < 1.29 is 9.59 Å². The van der Waals surface area contributed by atoms with Crippen molar-refractivity contribution in [3.05, 3.63) is 27.4 Å². The molecular formula is C16H22N4O3. The number of nitrogens with zero attached hydrogens (tertiary/aromatic N) is 3. The first kappa shape index (κ1) is 15.7. The number of carbonyl (C=O) groups excluding carboxylic acids is 2. The number of aryl methyl sites for hydroxylation is 2. The van der Waals surface area contributed by atoms with E-state index < -0.39 is 0 Å². The highest BCUT2D eigenvalue weighted by atomic mass is 16.2. The molecule has 0 radical (unpaired) electrons. The van der Waals surface area contributed by atoms with Crippen LogP contribution in [0.15, 0.2) is 4.79 Å². The summed E-state index contributed by atoms with van der Waals surface area (Å²) in [6.07, 6.45) is 2.19.